The molecule has 1 amide bonds. The van der Waals surface area contributed by atoms with Crippen LogP contribution in [0.15, 0.2) is 22.8 Å². The van der Waals surface area contributed by atoms with Gasteiger partial charge < -0.3 is 15.1 Å². The third-order valence-corrected chi connectivity index (χ3v) is 3.12. The van der Waals surface area contributed by atoms with Crippen LogP contribution >= 0.6 is 0 Å². The van der Waals surface area contributed by atoms with Crippen LogP contribution in [0, 0.1) is 0 Å². The maximum atomic E-state index is 11.6. The van der Waals surface area contributed by atoms with Gasteiger partial charge in [-0.25, -0.2) is 0 Å². The highest BCUT2D eigenvalue weighted by Crippen LogP contribution is 2.18. The SMILES string of the molecule is CN(C)C(CNC(=O)CNC1CC1)c1ccco1. The molecule has 0 aromatic carbocycles. The standard InChI is InChI=1S/C13H21N3O2/c1-16(2)11(12-4-3-7-18-12)8-15-13(17)9-14-10-5-6-10/h3-4,7,10-11,14H,5-6,8-9H2,1-2H3,(H,15,17). The highest BCUT2D eigenvalue weighted by Gasteiger charge is 2.22. The Morgan fingerprint density at radius 2 is 2.33 bits per heavy atom. The topological polar surface area (TPSA) is 57.5 Å². The molecule has 100 valence electrons. The number of furan rings is 1. The minimum Gasteiger partial charge on any atom is -0.468 e. The minimum atomic E-state index is 0.0420. The molecular formula is C13H21N3O2. The summed E-state index contributed by atoms with van der Waals surface area (Å²) in [4.78, 5) is 13.7. The van der Waals surface area contributed by atoms with Gasteiger partial charge in [-0.3, -0.25) is 9.69 Å². The largest absolute Gasteiger partial charge is 0.468 e. The molecule has 0 saturated heterocycles. The van der Waals surface area contributed by atoms with Gasteiger partial charge in [0.15, 0.2) is 0 Å². The molecule has 0 radical (unpaired) electrons. The molecule has 1 fully saturated rings. The fourth-order valence-electron chi connectivity index (χ4n) is 1.82. The van der Waals surface area contributed by atoms with Crippen molar-refractivity contribution in [1.29, 1.82) is 0 Å². The maximum absolute atomic E-state index is 11.6. The Hall–Kier alpha value is -1.33. The van der Waals surface area contributed by atoms with Crippen molar-refractivity contribution in [2.45, 2.75) is 24.9 Å². The van der Waals surface area contributed by atoms with Crippen molar-refractivity contribution in [2.75, 3.05) is 27.2 Å². The lowest BCUT2D eigenvalue weighted by molar-refractivity contribution is -0.120. The Labute approximate surface area is 108 Å². The van der Waals surface area contributed by atoms with E-state index in [0.29, 0.717) is 19.1 Å². The number of amides is 1. The van der Waals surface area contributed by atoms with Gasteiger partial charge in [-0.2, -0.15) is 0 Å². The highest BCUT2D eigenvalue weighted by molar-refractivity contribution is 5.78. The van der Waals surface area contributed by atoms with Crippen molar-refractivity contribution in [2.24, 2.45) is 0 Å². The van der Waals surface area contributed by atoms with Crippen LogP contribution in [0.3, 0.4) is 0 Å². The number of nitrogens with one attached hydrogen (secondary N) is 2. The van der Waals surface area contributed by atoms with Gasteiger partial charge in [0.1, 0.15) is 5.76 Å². The Kier molecular flexibility index (Phi) is 4.38. The summed E-state index contributed by atoms with van der Waals surface area (Å²) in [6, 6.07) is 4.43. The van der Waals surface area contributed by atoms with Crippen LogP contribution in [-0.2, 0) is 4.79 Å². The fourth-order valence-corrected chi connectivity index (χ4v) is 1.82. The predicted octanol–water partition coefficient (Wildman–Crippen LogP) is 0.750. The van der Waals surface area contributed by atoms with E-state index in [0.717, 1.165) is 5.76 Å². The van der Waals surface area contributed by atoms with E-state index in [1.54, 1.807) is 6.26 Å². The van der Waals surface area contributed by atoms with Gasteiger partial charge in [0, 0.05) is 12.6 Å². The molecule has 1 atom stereocenters. The fraction of sp³-hybridized carbons (Fsp3) is 0.615. The molecule has 1 aliphatic rings. The van der Waals surface area contributed by atoms with Crippen molar-refractivity contribution in [1.82, 2.24) is 15.5 Å². The molecule has 5 heteroatoms. The lowest BCUT2D eigenvalue weighted by Crippen LogP contribution is -2.39. The summed E-state index contributed by atoms with van der Waals surface area (Å²) in [7, 11) is 3.95. The lowest BCUT2D eigenvalue weighted by atomic mass is 10.2. The second-order valence-electron chi connectivity index (χ2n) is 4.95. The molecule has 1 aromatic heterocycles. The monoisotopic (exact) mass is 251 g/mol. The number of carbonyl (C=O) groups excluding carboxylic acids is 1. The first-order chi connectivity index (χ1) is 8.66. The van der Waals surface area contributed by atoms with Crippen LogP contribution in [0.5, 0.6) is 0 Å². The molecule has 0 spiro atoms. The summed E-state index contributed by atoms with van der Waals surface area (Å²) >= 11 is 0. The number of likely N-dealkylation sites (N-methyl/N-ethyl adjacent to an activating group) is 1. The Morgan fingerprint density at radius 3 is 2.89 bits per heavy atom. The van der Waals surface area contributed by atoms with Gasteiger partial charge >= 0.3 is 0 Å². The third kappa shape index (κ3) is 3.85. The molecule has 0 aliphatic heterocycles. The van der Waals surface area contributed by atoms with E-state index in [4.69, 9.17) is 4.42 Å². The molecule has 2 N–H and O–H groups in total. The smallest absolute Gasteiger partial charge is 0.234 e. The number of rotatable bonds is 7. The van der Waals surface area contributed by atoms with E-state index in [1.807, 2.05) is 31.1 Å². The average molecular weight is 251 g/mol. The van der Waals surface area contributed by atoms with Crippen LogP contribution in [0.2, 0.25) is 0 Å². The molecule has 0 bridgehead atoms. The van der Waals surface area contributed by atoms with Gasteiger partial charge in [-0.1, -0.05) is 0 Å². The summed E-state index contributed by atoms with van der Waals surface area (Å²) < 4.78 is 5.39. The number of hydrogen-bond acceptors (Lipinski definition) is 4. The zero-order valence-corrected chi connectivity index (χ0v) is 11.0. The minimum absolute atomic E-state index is 0.0420. The summed E-state index contributed by atoms with van der Waals surface area (Å²) in [6.45, 7) is 0.967. The first-order valence-corrected chi connectivity index (χ1v) is 6.36. The molecular weight excluding hydrogens is 230 g/mol. The number of hydrogen-bond donors (Lipinski definition) is 2. The van der Waals surface area contributed by atoms with Gasteiger partial charge in [-0.15, -0.1) is 0 Å². The van der Waals surface area contributed by atoms with E-state index in [-0.39, 0.29) is 11.9 Å². The zero-order chi connectivity index (χ0) is 13.0. The molecule has 2 rings (SSSR count). The third-order valence-electron chi connectivity index (χ3n) is 3.12. The van der Waals surface area contributed by atoms with Crippen molar-refractivity contribution in [3.8, 4) is 0 Å². The Bertz CT molecular complexity index is 372. The quantitative estimate of drug-likeness (QED) is 0.751. The van der Waals surface area contributed by atoms with E-state index < -0.39 is 0 Å². The maximum Gasteiger partial charge on any atom is 0.234 e. The average Bonchev–Trinajstić information content (AvgIpc) is 3.01. The molecule has 1 heterocycles. The summed E-state index contributed by atoms with van der Waals surface area (Å²) in [5.41, 5.74) is 0. The summed E-state index contributed by atoms with van der Waals surface area (Å²) in [6.07, 6.45) is 4.04. The number of carbonyl (C=O) groups is 1. The second-order valence-corrected chi connectivity index (χ2v) is 4.95. The summed E-state index contributed by atoms with van der Waals surface area (Å²) in [5, 5.41) is 6.13. The molecule has 1 unspecified atom stereocenters. The van der Waals surface area contributed by atoms with Crippen molar-refractivity contribution in [3.05, 3.63) is 24.2 Å². The Morgan fingerprint density at radius 1 is 1.56 bits per heavy atom. The zero-order valence-electron chi connectivity index (χ0n) is 11.0. The molecule has 1 saturated carbocycles. The first kappa shape index (κ1) is 13.1. The lowest BCUT2D eigenvalue weighted by Gasteiger charge is -2.22. The van der Waals surface area contributed by atoms with Gasteiger partial charge in [-0.05, 0) is 39.1 Å². The highest BCUT2D eigenvalue weighted by atomic mass is 16.3. The number of nitrogens with zero attached hydrogens (tertiary/aromatic N) is 1. The van der Waals surface area contributed by atoms with Gasteiger partial charge in [0.05, 0.1) is 18.8 Å². The van der Waals surface area contributed by atoms with Gasteiger partial charge in [0.25, 0.3) is 0 Å². The molecule has 5 nitrogen and oxygen atoms in total. The van der Waals surface area contributed by atoms with Crippen LogP contribution in [0.1, 0.15) is 24.6 Å². The van der Waals surface area contributed by atoms with Crippen LogP contribution in [-0.4, -0.2) is 44.0 Å². The normalized spacial score (nSPS) is 16.8. The van der Waals surface area contributed by atoms with Crippen LogP contribution in [0.4, 0.5) is 0 Å². The molecule has 1 aliphatic carbocycles. The van der Waals surface area contributed by atoms with E-state index in [1.165, 1.54) is 12.8 Å². The molecule has 18 heavy (non-hydrogen) atoms. The van der Waals surface area contributed by atoms with Crippen LogP contribution in [0.25, 0.3) is 0 Å². The first-order valence-electron chi connectivity index (χ1n) is 6.36. The van der Waals surface area contributed by atoms with E-state index in [2.05, 4.69) is 10.6 Å². The predicted molar refractivity (Wildman–Crippen MR) is 69.2 cm³/mol. The van der Waals surface area contributed by atoms with Gasteiger partial charge in [0.2, 0.25) is 5.91 Å². The van der Waals surface area contributed by atoms with Crippen molar-refractivity contribution >= 4 is 5.91 Å². The summed E-state index contributed by atoms with van der Waals surface area (Å²) in [5.74, 6) is 0.913. The van der Waals surface area contributed by atoms with E-state index in [9.17, 15) is 4.79 Å². The van der Waals surface area contributed by atoms with Crippen molar-refractivity contribution < 1.29 is 9.21 Å². The van der Waals surface area contributed by atoms with Crippen LogP contribution < -0.4 is 10.6 Å². The Balaban J connectivity index is 1.76. The van der Waals surface area contributed by atoms with Crippen molar-refractivity contribution in [3.63, 3.8) is 0 Å². The van der Waals surface area contributed by atoms with E-state index >= 15 is 0 Å². The second kappa shape index (κ2) is 6.02. The molecule has 1 aromatic rings.